The highest BCUT2D eigenvalue weighted by Crippen LogP contribution is 2.67. The van der Waals surface area contributed by atoms with Gasteiger partial charge in [0.1, 0.15) is 24.4 Å². The number of carbonyl (C=O) groups excluding carboxylic acids is 4. The Kier molecular flexibility index (Phi) is 4.01. The topological polar surface area (TPSA) is 86.7 Å². The van der Waals surface area contributed by atoms with Crippen LogP contribution in [0.4, 0.5) is 0 Å². The number of esters is 2. The lowest BCUT2D eigenvalue weighted by molar-refractivity contribution is -0.214. The average Bonchev–Trinajstić information content (AvgIpc) is 2.83. The number of ketones is 1. The molecule has 4 aliphatic rings. The van der Waals surface area contributed by atoms with Crippen molar-refractivity contribution in [3.63, 3.8) is 0 Å². The molecule has 0 unspecified atom stereocenters. The molecule has 2 spiro atoms. The minimum atomic E-state index is -1.15. The lowest BCUT2D eigenvalue weighted by Crippen LogP contribution is -2.66. The summed E-state index contributed by atoms with van der Waals surface area (Å²) in [5.41, 5.74) is -2.12. The number of ether oxygens (including phenoxy) is 2. The highest BCUT2D eigenvalue weighted by Gasteiger charge is 2.74. The van der Waals surface area contributed by atoms with E-state index in [0.717, 1.165) is 12.7 Å². The molecular weight excluding hydrogens is 360 g/mol. The third-order valence-corrected chi connectivity index (χ3v) is 7.68. The molecule has 1 saturated heterocycles. The molecule has 2 bridgehead atoms. The number of hydrogen-bond acceptors (Lipinski definition) is 6. The van der Waals surface area contributed by atoms with Gasteiger partial charge in [-0.1, -0.05) is 26.5 Å². The number of carbonyl (C=O) groups is 4. The van der Waals surface area contributed by atoms with Crippen molar-refractivity contribution in [3.05, 3.63) is 24.3 Å². The van der Waals surface area contributed by atoms with E-state index in [-0.39, 0.29) is 18.3 Å². The van der Waals surface area contributed by atoms with Gasteiger partial charge in [0.2, 0.25) is 0 Å². The quantitative estimate of drug-likeness (QED) is 0.411. The van der Waals surface area contributed by atoms with Crippen LogP contribution in [0.1, 0.15) is 40.0 Å². The molecule has 3 fully saturated rings. The van der Waals surface area contributed by atoms with Crippen LogP contribution in [0.15, 0.2) is 24.3 Å². The highest BCUT2D eigenvalue weighted by molar-refractivity contribution is 6.00. The maximum absolute atomic E-state index is 13.3. The summed E-state index contributed by atoms with van der Waals surface area (Å²) in [6.45, 7) is 9.15. The summed E-state index contributed by atoms with van der Waals surface area (Å²) < 4.78 is 11.2. The average molecular weight is 386 g/mol. The third-order valence-electron chi connectivity index (χ3n) is 7.68. The second-order valence-electron chi connectivity index (χ2n) is 9.38. The zero-order chi connectivity index (χ0) is 20.5. The minimum absolute atomic E-state index is 0.0419. The van der Waals surface area contributed by atoms with Gasteiger partial charge in [0.05, 0.1) is 5.41 Å². The van der Waals surface area contributed by atoms with E-state index < -0.39 is 46.1 Å². The summed E-state index contributed by atoms with van der Waals surface area (Å²) in [4.78, 5) is 50.5. The van der Waals surface area contributed by atoms with Gasteiger partial charge in [0, 0.05) is 12.8 Å². The molecule has 3 aliphatic carbocycles. The van der Waals surface area contributed by atoms with E-state index in [1.165, 1.54) is 13.0 Å². The maximum Gasteiger partial charge on any atom is 0.316 e. The largest absolute Gasteiger partial charge is 0.464 e. The lowest BCUT2D eigenvalue weighted by Gasteiger charge is -2.58. The molecule has 1 heterocycles. The minimum Gasteiger partial charge on any atom is -0.464 e. The fraction of sp³-hybridized carbons (Fsp3) is 0.636. The van der Waals surface area contributed by atoms with E-state index in [4.69, 9.17) is 9.47 Å². The SMILES string of the molecule is C=C1[C@@H]2CC[C@@H]3[C@](C2)(C(=O)OC[C@@]32C(=O)C=CC(C)(C)[C@H]2C=O)[C@@H]1OC(C)=O. The van der Waals surface area contributed by atoms with Gasteiger partial charge in [0.15, 0.2) is 5.78 Å². The number of fused-ring (bicyclic) bond motifs is 2. The third kappa shape index (κ3) is 2.14. The van der Waals surface area contributed by atoms with Crippen LogP contribution in [0.5, 0.6) is 0 Å². The standard InChI is InChI=1S/C22H26O6/c1-12-14-5-6-15-21(9-14,18(12)28-13(2)24)19(26)27-11-22(15)16(10-23)20(3,4)8-7-17(22)25/h7-8,10,14-16,18H,1,5-6,9,11H2,2-4H3/t14-,15-,16-,18-,21+,22-/m1/s1. The van der Waals surface area contributed by atoms with Gasteiger partial charge in [-0.05, 0) is 48.2 Å². The maximum atomic E-state index is 13.3. The molecule has 6 atom stereocenters. The van der Waals surface area contributed by atoms with E-state index in [9.17, 15) is 19.2 Å². The van der Waals surface area contributed by atoms with Crippen LogP contribution >= 0.6 is 0 Å². The molecular formula is C22H26O6. The van der Waals surface area contributed by atoms with Crippen molar-refractivity contribution in [3.8, 4) is 0 Å². The summed E-state index contributed by atoms with van der Waals surface area (Å²) in [6.07, 6.45) is 5.11. The van der Waals surface area contributed by atoms with Crippen LogP contribution in [-0.2, 0) is 28.7 Å². The highest BCUT2D eigenvalue weighted by atomic mass is 16.6. The number of aldehydes is 1. The fourth-order valence-corrected chi connectivity index (χ4v) is 6.46. The zero-order valence-electron chi connectivity index (χ0n) is 16.5. The number of cyclic esters (lactones) is 1. The van der Waals surface area contributed by atoms with E-state index in [1.807, 2.05) is 13.8 Å². The number of hydrogen-bond donors (Lipinski definition) is 0. The Balaban J connectivity index is 1.92. The van der Waals surface area contributed by atoms with Gasteiger partial charge in [-0.25, -0.2) is 0 Å². The van der Waals surface area contributed by atoms with Crippen molar-refractivity contribution in [1.29, 1.82) is 0 Å². The van der Waals surface area contributed by atoms with Crippen molar-refractivity contribution in [2.75, 3.05) is 6.61 Å². The molecule has 0 aromatic carbocycles. The number of allylic oxidation sites excluding steroid dienone is 2. The van der Waals surface area contributed by atoms with Crippen LogP contribution in [0.25, 0.3) is 0 Å². The molecule has 0 aromatic rings. The summed E-state index contributed by atoms with van der Waals surface area (Å²) >= 11 is 0. The molecule has 0 N–H and O–H groups in total. The van der Waals surface area contributed by atoms with Crippen molar-refractivity contribution in [1.82, 2.24) is 0 Å². The van der Waals surface area contributed by atoms with E-state index in [1.54, 1.807) is 6.08 Å². The first-order valence-electron chi connectivity index (χ1n) is 9.83. The predicted octanol–water partition coefficient (Wildman–Crippen LogP) is 2.41. The first kappa shape index (κ1) is 19.1. The number of rotatable bonds is 2. The van der Waals surface area contributed by atoms with Crippen molar-refractivity contribution in [2.24, 2.45) is 34.0 Å². The Labute approximate surface area is 164 Å². The molecule has 4 rings (SSSR count). The summed E-state index contributed by atoms with van der Waals surface area (Å²) in [5, 5.41) is 0. The van der Waals surface area contributed by atoms with Gasteiger partial charge in [-0.15, -0.1) is 0 Å². The Morgan fingerprint density at radius 2 is 2.00 bits per heavy atom. The second-order valence-corrected chi connectivity index (χ2v) is 9.38. The van der Waals surface area contributed by atoms with Crippen LogP contribution in [0.2, 0.25) is 0 Å². The first-order chi connectivity index (χ1) is 13.1. The second kappa shape index (κ2) is 5.88. The normalized spacial score (nSPS) is 43.5. The summed E-state index contributed by atoms with van der Waals surface area (Å²) in [5.74, 6) is -2.15. The molecule has 0 aromatic heterocycles. The van der Waals surface area contributed by atoms with E-state index >= 15 is 0 Å². The van der Waals surface area contributed by atoms with Crippen molar-refractivity contribution >= 4 is 24.0 Å². The molecule has 28 heavy (non-hydrogen) atoms. The molecule has 6 heteroatoms. The monoisotopic (exact) mass is 386 g/mol. The van der Waals surface area contributed by atoms with Gasteiger partial charge >= 0.3 is 11.9 Å². The summed E-state index contributed by atoms with van der Waals surface area (Å²) in [7, 11) is 0. The predicted molar refractivity (Wildman–Crippen MR) is 98.8 cm³/mol. The van der Waals surface area contributed by atoms with Crippen LogP contribution in [-0.4, -0.2) is 36.7 Å². The Bertz CT molecular complexity index is 823. The van der Waals surface area contributed by atoms with Crippen molar-refractivity contribution in [2.45, 2.75) is 46.1 Å². The van der Waals surface area contributed by atoms with Gasteiger partial charge in [0.25, 0.3) is 0 Å². The Morgan fingerprint density at radius 3 is 2.64 bits per heavy atom. The lowest BCUT2D eigenvalue weighted by atomic mass is 9.46. The molecule has 0 radical (unpaired) electrons. The first-order valence-corrected chi connectivity index (χ1v) is 9.83. The fourth-order valence-electron chi connectivity index (χ4n) is 6.46. The smallest absolute Gasteiger partial charge is 0.316 e. The Morgan fingerprint density at radius 1 is 1.29 bits per heavy atom. The van der Waals surface area contributed by atoms with Gasteiger partial charge < -0.3 is 14.3 Å². The van der Waals surface area contributed by atoms with Gasteiger partial charge in [-0.2, -0.15) is 0 Å². The zero-order valence-corrected chi connectivity index (χ0v) is 16.5. The summed E-state index contributed by atoms with van der Waals surface area (Å²) in [6, 6.07) is 0. The molecule has 2 saturated carbocycles. The Hall–Kier alpha value is -2.24. The van der Waals surface area contributed by atoms with Gasteiger partial charge in [-0.3, -0.25) is 14.4 Å². The van der Waals surface area contributed by atoms with Crippen LogP contribution in [0.3, 0.4) is 0 Å². The van der Waals surface area contributed by atoms with Crippen LogP contribution in [0, 0.1) is 34.0 Å². The molecule has 150 valence electrons. The van der Waals surface area contributed by atoms with E-state index in [0.29, 0.717) is 18.4 Å². The molecule has 1 aliphatic heterocycles. The molecule has 0 amide bonds. The van der Waals surface area contributed by atoms with Crippen LogP contribution < -0.4 is 0 Å². The van der Waals surface area contributed by atoms with Crippen molar-refractivity contribution < 1.29 is 28.7 Å². The van der Waals surface area contributed by atoms with E-state index in [2.05, 4.69) is 6.58 Å². The molecule has 6 nitrogen and oxygen atoms in total.